The molecule has 1 saturated heterocycles. The summed E-state index contributed by atoms with van der Waals surface area (Å²) < 4.78 is 51.6. The number of nitrogens with zero attached hydrogens (tertiary/aromatic N) is 2. The Morgan fingerprint density at radius 1 is 1.23 bits per heavy atom. The maximum Gasteiger partial charge on any atom is 0.232 e. The quantitative estimate of drug-likeness (QED) is 0.531. The van der Waals surface area contributed by atoms with E-state index in [9.17, 15) is 22.0 Å². The molecular formula is C21H33F2N3O3S. The van der Waals surface area contributed by atoms with Crippen LogP contribution in [-0.4, -0.2) is 57.7 Å². The smallest absolute Gasteiger partial charge is 0.232 e. The lowest BCUT2D eigenvalue weighted by Crippen LogP contribution is -2.40. The number of carbonyl (C=O) groups is 1. The van der Waals surface area contributed by atoms with E-state index in [1.54, 1.807) is 0 Å². The van der Waals surface area contributed by atoms with Gasteiger partial charge in [-0.25, -0.2) is 17.2 Å². The average molecular weight is 446 g/mol. The molecule has 1 aromatic rings. The third-order valence-electron chi connectivity index (χ3n) is 5.52. The second kappa shape index (κ2) is 11.6. The zero-order chi connectivity index (χ0) is 22.1. The van der Waals surface area contributed by atoms with Crippen LogP contribution in [-0.2, 0) is 14.8 Å². The largest absolute Gasteiger partial charge is 0.356 e. The summed E-state index contributed by atoms with van der Waals surface area (Å²) in [5, 5.41) is 2.88. The van der Waals surface area contributed by atoms with Crippen LogP contribution >= 0.6 is 0 Å². The third kappa shape index (κ3) is 7.50. The van der Waals surface area contributed by atoms with E-state index >= 15 is 0 Å². The number of rotatable bonds is 11. The van der Waals surface area contributed by atoms with Crippen molar-refractivity contribution >= 4 is 21.6 Å². The third-order valence-corrected chi connectivity index (χ3v) is 6.72. The number of likely N-dealkylation sites (tertiary alicyclic amines) is 1. The number of nitrogens with one attached hydrogen (secondary N) is 1. The highest BCUT2D eigenvalue weighted by atomic mass is 32.2. The molecule has 9 heteroatoms. The molecule has 0 radical (unpaired) electrons. The molecule has 1 amide bonds. The molecular weight excluding hydrogens is 412 g/mol. The van der Waals surface area contributed by atoms with Crippen molar-refractivity contribution in [3.63, 3.8) is 0 Å². The van der Waals surface area contributed by atoms with Crippen molar-refractivity contribution in [2.24, 2.45) is 0 Å². The molecule has 170 valence electrons. The van der Waals surface area contributed by atoms with Crippen LogP contribution in [0.5, 0.6) is 0 Å². The Morgan fingerprint density at radius 3 is 2.67 bits per heavy atom. The van der Waals surface area contributed by atoms with Crippen molar-refractivity contribution in [2.45, 2.75) is 57.9 Å². The molecule has 0 aromatic heterocycles. The molecule has 1 aliphatic rings. The van der Waals surface area contributed by atoms with E-state index in [2.05, 4.69) is 17.1 Å². The Morgan fingerprint density at radius 2 is 2.00 bits per heavy atom. The zero-order valence-electron chi connectivity index (χ0n) is 17.9. The van der Waals surface area contributed by atoms with Gasteiger partial charge in [-0.2, -0.15) is 0 Å². The predicted molar refractivity (Wildman–Crippen MR) is 115 cm³/mol. The topological polar surface area (TPSA) is 69.7 Å². The SMILES string of the molecule is CC[C@H]1CCCCN1CCCNC(=O)CCCN(c1ccc(F)c(F)c1)S(C)(=O)=O. The van der Waals surface area contributed by atoms with Gasteiger partial charge in [0.2, 0.25) is 15.9 Å². The lowest BCUT2D eigenvalue weighted by atomic mass is 10.00. The minimum atomic E-state index is -3.68. The van der Waals surface area contributed by atoms with E-state index in [1.165, 1.54) is 25.3 Å². The first-order valence-corrected chi connectivity index (χ1v) is 12.5. The van der Waals surface area contributed by atoms with Gasteiger partial charge >= 0.3 is 0 Å². The molecule has 1 N–H and O–H groups in total. The van der Waals surface area contributed by atoms with Gasteiger partial charge in [-0.05, 0) is 50.8 Å². The highest BCUT2D eigenvalue weighted by Crippen LogP contribution is 2.21. The van der Waals surface area contributed by atoms with Crippen molar-refractivity contribution in [1.82, 2.24) is 10.2 Å². The maximum atomic E-state index is 13.5. The van der Waals surface area contributed by atoms with Crippen LogP contribution in [0.4, 0.5) is 14.5 Å². The van der Waals surface area contributed by atoms with Crippen LogP contribution in [0.3, 0.4) is 0 Å². The van der Waals surface area contributed by atoms with Gasteiger partial charge in [0, 0.05) is 38.2 Å². The fraction of sp³-hybridized carbons (Fsp3) is 0.667. The second-order valence-electron chi connectivity index (χ2n) is 7.83. The molecule has 0 bridgehead atoms. The van der Waals surface area contributed by atoms with E-state index in [1.807, 2.05) is 0 Å². The number of amides is 1. The first kappa shape index (κ1) is 24.5. The van der Waals surface area contributed by atoms with E-state index in [0.29, 0.717) is 12.6 Å². The molecule has 0 spiro atoms. The predicted octanol–water partition coefficient (Wildman–Crippen LogP) is 3.28. The molecule has 1 aliphatic heterocycles. The van der Waals surface area contributed by atoms with E-state index in [4.69, 9.17) is 0 Å². The summed E-state index contributed by atoms with van der Waals surface area (Å²) in [6, 6.07) is 3.60. The molecule has 2 rings (SSSR count). The van der Waals surface area contributed by atoms with Crippen LogP contribution in [0.1, 0.15) is 51.9 Å². The molecule has 1 fully saturated rings. The minimum Gasteiger partial charge on any atom is -0.356 e. The molecule has 6 nitrogen and oxygen atoms in total. The number of sulfonamides is 1. The average Bonchev–Trinajstić information content (AvgIpc) is 2.70. The van der Waals surface area contributed by atoms with Crippen LogP contribution in [0.25, 0.3) is 0 Å². The first-order chi connectivity index (χ1) is 14.2. The summed E-state index contributed by atoms with van der Waals surface area (Å²) in [6.45, 7) is 4.91. The number of hydrogen-bond acceptors (Lipinski definition) is 4. The lowest BCUT2D eigenvalue weighted by Gasteiger charge is -2.35. The Balaban J connectivity index is 1.74. The summed E-state index contributed by atoms with van der Waals surface area (Å²) >= 11 is 0. The molecule has 1 atom stereocenters. The number of hydrogen-bond donors (Lipinski definition) is 1. The van der Waals surface area contributed by atoms with Crippen molar-refractivity contribution in [3.05, 3.63) is 29.8 Å². The molecule has 1 aromatic carbocycles. The number of benzene rings is 1. The fourth-order valence-electron chi connectivity index (χ4n) is 3.92. The normalized spacial score (nSPS) is 17.7. The molecule has 0 aliphatic carbocycles. The number of halogens is 2. The van der Waals surface area contributed by atoms with Gasteiger partial charge in [-0.1, -0.05) is 13.3 Å². The van der Waals surface area contributed by atoms with E-state index in [-0.39, 0.29) is 31.0 Å². The van der Waals surface area contributed by atoms with Crippen LogP contribution < -0.4 is 9.62 Å². The fourth-order valence-corrected chi connectivity index (χ4v) is 4.88. The van der Waals surface area contributed by atoms with Crippen LogP contribution in [0.15, 0.2) is 18.2 Å². The number of carbonyl (C=O) groups excluding carboxylic acids is 1. The van der Waals surface area contributed by atoms with Crippen LogP contribution in [0, 0.1) is 11.6 Å². The number of piperidine rings is 1. The molecule has 30 heavy (non-hydrogen) atoms. The number of anilines is 1. The summed E-state index contributed by atoms with van der Waals surface area (Å²) in [4.78, 5) is 14.6. The minimum absolute atomic E-state index is 0.0171. The molecule has 1 heterocycles. The van der Waals surface area contributed by atoms with Gasteiger partial charge < -0.3 is 10.2 Å². The maximum absolute atomic E-state index is 13.5. The van der Waals surface area contributed by atoms with E-state index in [0.717, 1.165) is 48.6 Å². The van der Waals surface area contributed by atoms with Gasteiger partial charge in [0.1, 0.15) is 0 Å². The summed E-state index contributed by atoms with van der Waals surface area (Å²) in [5.74, 6) is -2.29. The van der Waals surface area contributed by atoms with Crippen molar-refractivity contribution in [3.8, 4) is 0 Å². The van der Waals surface area contributed by atoms with Gasteiger partial charge in [0.05, 0.1) is 11.9 Å². The Kier molecular flexibility index (Phi) is 9.48. The summed E-state index contributed by atoms with van der Waals surface area (Å²) in [5.41, 5.74) is 0.0452. The molecule has 0 saturated carbocycles. The van der Waals surface area contributed by atoms with Gasteiger partial charge in [0.25, 0.3) is 0 Å². The van der Waals surface area contributed by atoms with Crippen LogP contribution in [0.2, 0.25) is 0 Å². The summed E-state index contributed by atoms with van der Waals surface area (Å²) in [6.07, 6.45) is 7.25. The Bertz CT molecular complexity index is 805. The van der Waals surface area contributed by atoms with E-state index < -0.39 is 21.7 Å². The second-order valence-corrected chi connectivity index (χ2v) is 9.74. The lowest BCUT2D eigenvalue weighted by molar-refractivity contribution is -0.121. The standard InChI is InChI=1S/C21H33F2N3O3S/c1-3-17-8-4-5-13-25(17)14-7-12-24-21(27)9-6-15-26(30(2,28)29)18-10-11-19(22)20(23)16-18/h10-11,16-17H,3-9,12-15H2,1-2H3,(H,24,27)/t17-/m0/s1. The molecule has 0 unspecified atom stereocenters. The summed E-state index contributed by atoms with van der Waals surface area (Å²) in [7, 11) is -3.68. The van der Waals surface area contributed by atoms with Gasteiger partial charge in [-0.15, -0.1) is 0 Å². The zero-order valence-corrected chi connectivity index (χ0v) is 18.7. The highest BCUT2D eigenvalue weighted by Gasteiger charge is 2.21. The van der Waals surface area contributed by atoms with Crippen molar-refractivity contribution < 1.29 is 22.0 Å². The monoisotopic (exact) mass is 445 g/mol. The van der Waals surface area contributed by atoms with Gasteiger partial charge in [-0.3, -0.25) is 9.10 Å². The van der Waals surface area contributed by atoms with Crippen molar-refractivity contribution in [1.29, 1.82) is 0 Å². The first-order valence-electron chi connectivity index (χ1n) is 10.7. The highest BCUT2D eigenvalue weighted by molar-refractivity contribution is 7.92. The Labute approximate surface area is 178 Å². The Hall–Kier alpha value is -1.74. The van der Waals surface area contributed by atoms with Crippen molar-refractivity contribution in [2.75, 3.05) is 36.7 Å². The van der Waals surface area contributed by atoms with Gasteiger partial charge in [0.15, 0.2) is 11.6 Å².